The highest BCUT2D eigenvalue weighted by Crippen LogP contribution is 2.15. The summed E-state index contributed by atoms with van der Waals surface area (Å²) in [5.41, 5.74) is 0.192. The molecule has 0 bridgehead atoms. The summed E-state index contributed by atoms with van der Waals surface area (Å²) >= 11 is 11.9. The van der Waals surface area contributed by atoms with Crippen LogP contribution in [0.4, 0.5) is 0 Å². The van der Waals surface area contributed by atoms with Crippen LogP contribution in [-0.2, 0) is 13.0 Å². The van der Waals surface area contributed by atoms with Crippen molar-refractivity contribution in [3.8, 4) is 0 Å². The van der Waals surface area contributed by atoms with Crippen LogP contribution in [0.15, 0.2) is 33.9 Å². The first-order valence-corrected chi connectivity index (χ1v) is 6.55. The number of hydrogen-bond donors (Lipinski definition) is 1. The first kappa shape index (κ1) is 13.9. The van der Waals surface area contributed by atoms with Crippen molar-refractivity contribution in [2.45, 2.75) is 19.9 Å². The van der Waals surface area contributed by atoms with E-state index in [9.17, 15) is 9.59 Å². The van der Waals surface area contributed by atoms with E-state index in [4.69, 9.17) is 23.2 Å². The predicted octanol–water partition coefficient (Wildman–Crippen LogP) is 2.45. The molecule has 0 unspecified atom stereocenters. The Hall–Kier alpha value is -1.52. The van der Waals surface area contributed by atoms with Crippen LogP contribution in [0.1, 0.15) is 18.1 Å². The average Bonchev–Trinajstić information content (AvgIpc) is 2.36. The molecule has 100 valence electrons. The highest BCUT2D eigenvalue weighted by atomic mass is 35.5. The van der Waals surface area contributed by atoms with Crippen LogP contribution >= 0.6 is 23.2 Å². The van der Waals surface area contributed by atoms with Crippen molar-refractivity contribution in [2.24, 2.45) is 0 Å². The molecule has 0 saturated carbocycles. The van der Waals surface area contributed by atoms with Crippen molar-refractivity contribution < 1.29 is 0 Å². The molecular weight excluding hydrogens is 287 g/mol. The number of halogens is 2. The minimum absolute atomic E-state index is 0.105. The zero-order valence-electron chi connectivity index (χ0n) is 10.2. The molecular formula is C13H12Cl2N2O2. The summed E-state index contributed by atoms with van der Waals surface area (Å²) < 4.78 is 1.10. The fourth-order valence-corrected chi connectivity index (χ4v) is 2.32. The number of rotatable bonds is 3. The molecule has 2 rings (SSSR count). The van der Waals surface area contributed by atoms with Gasteiger partial charge in [0.25, 0.3) is 5.56 Å². The van der Waals surface area contributed by atoms with Crippen molar-refractivity contribution in [1.29, 1.82) is 0 Å². The molecule has 0 radical (unpaired) electrons. The SMILES string of the molecule is CCc1c(Cl)[nH]c(=O)n(Cc2ccccc2Cl)c1=O. The lowest BCUT2D eigenvalue weighted by molar-refractivity contribution is 0.686. The van der Waals surface area contributed by atoms with Gasteiger partial charge in [-0.1, -0.05) is 48.3 Å². The maximum Gasteiger partial charge on any atom is 0.329 e. The summed E-state index contributed by atoms with van der Waals surface area (Å²) in [5.74, 6) is 0. The van der Waals surface area contributed by atoms with E-state index >= 15 is 0 Å². The number of aromatic nitrogens is 2. The van der Waals surface area contributed by atoms with Crippen molar-refractivity contribution in [1.82, 2.24) is 9.55 Å². The van der Waals surface area contributed by atoms with Gasteiger partial charge in [-0.3, -0.25) is 14.3 Å². The van der Waals surface area contributed by atoms with Gasteiger partial charge in [-0.15, -0.1) is 0 Å². The zero-order valence-corrected chi connectivity index (χ0v) is 11.8. The van der Waals surface area contributed by atoms with Crippen LogP contribution in [0.2, 0.25) is 10.2 Å². The zero-order chi connectivity index (χ0) is 14.0. The van der Waals surface area contributed by atoms with Crippen LogP contribution in [0.25, 0.3) is 0 Å². The first-order chi connectivity index (χ1) is 9.04. The van der Waals surface area contributed by atoms with E-state index in [1.807, 2.05) is 0 Å². The van der Waals surface area contributed by atoms with Gasteiger partial charge in [0.1, 0.15) is 5.15 Å². The number of H-pyrrole nitrogens is 1. The Bertz CT molecular complexity index is 719. The van der Waals surface area contributed by atoms with E-state index in [0.29, 0.717) is 22.6 Å². The van der Waals surface area contributed by atoms with Gasteiger partial charge in [0, 0.05) is 5.02 Å². The van der Waals surface area contributed by atoms with Gasteiger partial charge in [-0.25, -0.2) is 4.79 Å². The third-order valence-corrected chi connectivity index (χ3v) is 3.56. The van der Waals surface area contributed by atoms with Crippen LogP contribution in [0, 0.1) is 0 Å². The molecule has 1 heterocycles. The Morgan fingerprint density at radius 1 is 1.21 bits per heavy atom. The molecule has 4 nitrogen and oxygen atoms in total. The highest BCUT2D eigenvalue weighted by Gasteiger charge is 2.12. The molecule has 1 aromatic carbocycles. The quantitative estimate of drug-likeness (QED) is 0.885. The minimum atomic E-state index is -0.535. The number of hydrogen-bond acceptors (Lipinski definition) is 2. The van der Waals surface area contributed by atoms with Crippen LogP contribution < -0.4 is 11.2 Å². The van der Waals surface area contributed by atoms with Crippen LogP contribution in [0.3, 0.4) is 0 Å². The fourth-order valence-electron chi connectivity index (χ4n) is 1.83. The Morgan fingerprint density at radius 2 is 1.89 bits per heavy atom. The highest BCUT2D eigenvalue weighted by molar-refractivity contribution is 6.31. The smallest absolute Gasteiger partial charge is 0.297 e. The average molecular weight is 299 g/mol. The molecule has 0 aliphatic carbocycles. The lowest BCUT2D eigenvalue weighted by atomic mass is 10.2. The Balaban J connectivity index is 2.56. The van der Waals surface area contributed by atoms with Gasteiger partial charge in [0.15, 0.2) is 0 Å². The molecule has 0 spiro atoms. The lowest BCUT2D eigenvalue weighted by Crippen LogP contribution is -2.37. The van der Waals surface area contributed by atoms with Gasteiger partial charge in [-0.05, 0) is 18.1 Å². The molecule has 0 aliphatic rings. The maximum absolute atomic E-state index is 12.2. The topological polar surface area (TPSA) is 54.9 Å². The summed E-state index contributed by atoms with van der Waals surface area (Å²) in [5, 5.41) is 0.620. The van der Waals surface area contributed by atoms with Crippen molar-refractivity contribution in [3.05, 3.63) is 66.4 Å². The molecule has 19 heavy (non-hydrogen) atoms. The van der Waals surface area contributed by atoms with E-state index in [-0.39, 0.29) is 17.3 Å². The van der Waals surface area contributed by atoms with Crippen molar-refractivity contribution in [2.75, 3.05) is 0 Å². The summed E-state index contributed by atoms with van der Waals surface area (Å²) in [6, 6.07) is 7.08. The largest absolute Gasteiger partial charge is 0.329 e. The fraction of sp³-hybridized carbons (Fsp3) is 0.231. The van der Waals surface area contributed by atoms with Crippen LogP contribution in [-0.4, -0.2) is 9.55 Å². The number of nitrogens with one attached hydrogen (secondary N) is 1. The molecule has 0 amide bonds. The van der Waals surface area contributed by atoms with E-state index in [1.165, 1.54) is 0 Å². The van der Waals surface area contributed by atoms with Gasteiger partial charge in [0.05, 0.1) is 12.1 Å². The molecule has 1 N–H and O–H groups in total. The molecule has 1 aromatic heterocycles. The molecule has 0 atom stereocenters. The van der Waals surface area contributed by atoms with Crippen molar-refractivity contribution in [3.63, 3.8) is 0 Å². The second-order valence-electron chi connectivity index (χ2n) is 4.06. The lowest BCUT2D eigenvalue weighted by Gasteiger charge is -2.09. The van der Waals surface area contributed by atoms with Crippen molar-refractivity contribution >= 4 is 23.2 Å². The van der Waals surface area contributed by atoms with E-state index < -0.39 is 5.69 Å². The van der Waals surface area contributed by atoms with Crippen LogP contribution in [0.5, 0.6) is 0 Å². The summed E-state index contributed by atoms with van der Waals surface area (Å²) in [6.07, 6.45) is 0.455. The van der Waals surface area contributed by atoms with Gasteiger partial charge in [-0.2, -0.15) is 0 Å². The molecule has 0 saturated heterocycles. The van der Waals surface area contributed by atoms with Gasteiger partial charge < -0.3 is 0 Å². The molecule has 0 aliphatic heterocycles. The monoisotopic (exact) mass is 298 g/mol. The Labute approximate surface area is 119 Å². The first-order valence-electron chi connectivity index (χ1n) is 5.79. The number of nitrogens with zero attached hydrogens (tertiary/aromatic N) is 1. The molecule has 6 heteroatoms. The molecule has 0 fully saturated rings. The standard InChI is InChI=1S/C13H12Cl2N2O2/c1-2-9-11(15)16-13(19)17(12(9)18)7-8-5-3-4-6-10(8)14/h3-6H,2,7H2,1H3,(H,16,19). The summed E-state index contributed by atoms with van der Waals surface area (Å²) in [6.45, 7) is 1.93. The number of aromatic amines is 1. The Kier molecular flexibility index (Phi) is 4.12. The van der Waals surface area contributed by atoms with E-state index in [0.717, 1.165) is 4.57 Å². The second kappa shape index (κ2) is 5.63. The summed E-state index contributed by atoms with van der Waals surface area (Å²) in [4.78, 5) is 26.5. The van der Waals surface area contributed by atoms with E-state index in [2.05, 4.69) is 4.98 Å². The predicted molar refractivity (Wildman–Crippen MR) is 76.3 cm³/mol. The van der Waals surface area contributed by atoms with E-state index in [1.54, 1.807) is 31.2 Å². The second-order valence-corrected chi connectivity index (χ2v) is 4.84. The Morgan fingerprint density at radius 3 is 2.53 bits per heavy atom. The third kappa shape index (κ3) is 2.74. The summed E-state index contributed by atoms with van der Waals surface area (Å²) in [7, 11) is 0. The molecule has 2 aromatic rings. The number of benzene rings is 1. The maximum atomic E-state index is 12.2. The van der Waals surface area contributed by atoms with Gasteiger partial charge >= 0.3 is 5.69 Å². The normalized spacial score (nSPS) is 10.7. The van der Waals surface area contributed by atoms with Gasteiger partial charge in [0.2, 0.25) is 0 Å². The third-order valence-electron chi connectivity index (χ3n) is 2.87. The minimum Gasteiger partial charge on any atom is -0.297 e.